The Hall–Kier alpha value is -7.74. The van der Waals surface area contributed by atoms with Gasteiger partial charge in [0.2, 0.25) is 53.2 Å². The summed E-state index contributed by atoms with van der Waals surface area (Å²) in [4.78, 5) is 140. The number of hydrogen-bond acceptors (Lipinski definition) is 18. The molecule has 2 aromatic rings. The van der Waals surface area contributed by atoms with Gasteiger partial charge in [-0.15, -0.1) is 0 Å². The Morgan fingerprint density at radius 1 is 0.662 bits per heavy atom. The second-order valence-electron chi connectivity index (χ2n) is 17.3. The Labute approximate surface area is 453 Å². The molecule has 0 spiro atoms. The van der Waals surface area contributed by atoms with E-state index >= 15 is 0 Å². The maximum atomic E-state index is 13.4. The number of nitrogens with zero attached hydrogens (tertiary/aromatic N) is 2. The van der Waals surface area contributed by atoms with Crippen LogP contribution >= 0.6 is 25.3 Å². The van der Waals surface area contributed by atoms with Gasteiger partial charge in [-0.3, -0.25) is 63.6 Å². The van der Waals surface area contributed by atoms with E-state index in [1.807, 2.05) is 0 Å². The fraction of sp³-hybridized carbons (Fsp3) is 0.478. The first kappa shape index (κ1) is 65.4. The highest BCUT2D eigenvalue weighted by atomic mass is 32.1. The molecule has 0 bridgehead atoms. The lowest BCUT2D eigenvalue weighted by Crippen LogP contribution is -2.59. The lowest BCUT2D eigenvalue weighted by Gasteiger charge is -2.29. The van der Waals surface area contributed by atoms with Crippen molar-refractivity contribution in [3.8, 4) is 5.75 Å². The molecule has 9 amide bonds. The number of thiol groups is 2. The van der Waals surface area contributed by atoms with Gasteiger partial charge in [-0.2, -0.15) is 25.3 Å². The topological polar surface area (TPSA) is 504 Å². The molecule has 29 nitrogen and oxygen atoms in total. The van der Waals surface area contributed by atoms with Gasteiger partial charge in [0.15, 0.2) is 5.96 Å². The van der Waals surface area contributed by atoms with Crippen molar-refractivity contribution in [1.29, 1.82) is 0 Å². The summed E-state index contributed by atoms with van der Waals surface area (Å²) in [6, 6.07) is 5.67. The molecule has 1 aliphatic heterocycles. The molecule has 2 aromatic carbocycles. The van der Waals surface area contributed by atoms with Crippen LogP contribution in [0.2, 0.25) is 0 Å². The molecular formula is C46H69N15O14S2. The highest BCUT2D eigenvalue weighted by Gasteiger charge is 2.39. The van der Waals surface area contributed by atoms with E-state index in [0.29, 0.717) is 30.4 Å². The molecule has 8 atom stereocenters. The van der Waals surface area contributed by atoms with Crippen LogP contribution in [-0.2, 0) is 65.6 Å². The van der Waals surface area contributed by atoms with E-state index in [1.54, 1.807) is 42.5 Å². The monoisotopic (exact) mass is 1120 g/mol. The number of hydrazine groups is 1. The molecule has 0 unspecified atom stereocenters. The van der Waals surface area contributed by atoms with Gasteiger partial charge in [0.05, 0.1) is 19.0 Å². The van der Waals surface area contributed by atoms with E-state index in [1.165, 1.54) is 17.0 Å². The minimum Gasteiger partial charge on any atom is -0.508 e. The number of carbonyl (C=O) groups is 11. The van der Waals surface area contributed by atoms with E-state index in [9.17, 15) is 57.8 Å². The van der Waals surface area contributed by atoms with Crippen LogP contribution in [0, 0.1) is 0 Å². The zero-order valence-corrected chi connectivity index (χ0v) is 43.6. The van der Waals surface area contributed by atoms with E-state index in [-0.39, 0.29) is 62.0 Å². The molecule has 0 saturated carbocycles. The number of phenolic OH excluding ortho intramolecular Hbond substituents is 1. The average Bonchev–Trinajstić information content (AvgIpc) is 3.89. The Morgan fingerprint density at radius 3 is 1.74 bits per heavy atom. The number of aliphatic imine (C=N–C) groups is 1. The molecule has 1 aliphatic rings. The number of aromatic hydroxyl groups is 1. The largest absolute Gasteiger partial charge is 0.508 e. The summed E-state index contributed by atoms with van der Waals surface area (Å²) >= 11 is 8.12. The van der Waals surface area contributed by atoms with Crippen LogP contribution < -0.4 is 71.8 Å². The number of nitrogens with two attached hydrogens (primary N) is 6. The number of nitrogens with one attached hydrogen (secondary N) is 7. The second-order valence-corrected chi connectivity index (χ2v) is 18.0. The van der Waals surface area contributed by atoms with Gasteiger partial charge in [0.25, 0.3) is 0 Å². The molecule has 424 valence electrons. The van der Waals surface area contributed by atoms with Crippen LogP contribution in [0.15, 0.2) is 59.6 Å². The number of rotatable bonds is 31. The van der Waals surface area contributed by atoms with E-state index in [2.05, 4.69) is 67.6 Å². The van der Waals surface area contributed by atoms with Crippen molar-refractivity contribution in [3.63, 3.8) is 0 Å². The smallest absolute Gasteiger partial charge is 0.305 e. The normalized spacial score (nSPS) is 15.4. The zero-order chi connectivity index (χ0) is 57.8. The maximum Gasteiger partial charge on any atom is 0.305 e. The summed E-state index contributed by atoms with van der Waals surface area (Å²) in [5, 5.41) is 42.4. The molecule has 1 heterocycles. The summed E-state index contributed by atoms with van der Waals surface area (Å²) in [5.41, 5.74) is 30.1. The molecular weight excluding hydrogens is 1050 g/mol. The Morgan fingerprint density at radius 2 is 1.22 bits per heavy atom. The second kappa shape index (κ2) is 34.0. The van der Waals surface area contributed by atoms with E-state index < -0.39 is 133 Å². The van der Waals surface area contributed by atoms with Gasteiger partial charge >= 0.3 is 11.9 Å². The minimum absolute atomic E-state index is 0.0132. The molecule has 0 aliphatic carbocycles. The molecule has 31 heteroatoms. The van der Waals surface area contributed by atoms with Crippen molar-refractivity contribution in [2.24, 2.45) is 39.5 Å². The number of benzene rings is 2. The van der Waals surface area contributed by atoms with Crippen molar-refractivity contribution in [3.05, 3.63) is 65.7 Å². The Bertz CT molecular complexity index is 2390. The summed E-state index contributed by atoms with van der Waals surface area (Å²) in [7, 11) is 0. The fourth-order valence-corrected chi connectivity index (χ4v) is 7.71. The highest BCUT2D eigenvalue weighted by Crippen LogP contribution is 2.20. The predicted octanol–water partition coefficient (Wildman–Crippen LogP) is -5.92. The van der Waals surface area contributed by atoms with Crippen LogP contribution in [0.4, 0.5) is 0 Å². The summed E-state index contributed by atoms with van der Waals surface area (Å²) < 4.78 is 0. The highest BCUT2D eigenvalue weighted by molar-refractivity contribution is 7.80. The molecule has 0 aromatic heterocycles. The number of guanidine groups is 1. The lowest BCUT2D eigenvalue weighted by atomic mass is 10.0. The standard InChI is InChI=1S/C26H33N5O7S.C20H36N10O7S/c27-18(14-39)24(36)30-20(13-16-6-8-17(32)9-7-16)26(38)31-21(12-15-4-2-1-3-5-15)25(37)29-19(23(28)35)10-11-22(33)34;21-14(31)8-26-16(34)10(3-1-5-25-20(22)23)27-18(36)13-4-2-6-30(13)19(37)12(9-38)28-17(35)11(29-24)7-15(32)33/h1-9,18-21,32,39H,10-14,27H2,(H2,28,35)(H,29,37)(H,30,36)(H,31,38)(H,33,34);10-13,29,38H,1-9,24H2,(H2,21,31)(H,26,34)(H,27,36)(H,28,35)(H,32,33)(H4,22,23,25)/t18-,19-,20-,21-;10-,11-,12-,13-/m00/s1. The van der Waals surface area contributed by atoms with Gasteiger partial charge < -0.3 is 80.8 Å². The zero-order valence-electron chi connectivity index (χ0n) is 41.8. The van der Waals surface area contributed by atoms with Crippen molar-refractivity contribution in [2.45, 2.75) is 106 Å². The number of phenols is 1. The van der Waals surface area contributed by atoms with Gasteiger partial charge in [-0.05, 0) is 55.4 Å². The quantitative estimate of drug-likeness (QED) is 0.00835. The molecule has 1 saturated heterocycles. The summed E-state index contributed by atoms with van der Waals surface area (Å²) in [5.74, 6) is -3.92. The number of hydrogen-bond donors (Lipinski definition) is 18. The summed E-state index contributed by atoms with van der Waals surface area (Å²) in [6.07, 6.45) is -0.00226. The number of carboxylic acid groups (broad SMARTS) is 2. The molecule has 0 radical (unpaired) electrons. The third-order valence-corrected chi connectivity index (χ3v) is 12.1. The van der Waals surface area contributed by atoms with E-state index in [4.69, 9.17) is 44.7 Å². The number of likely N-dealkylation sites (tertiary alicyclic amines) is 1. The van der Waals surface area contributed by atoms with Crippen LogP contribution in [0.5, 0.6) is 5.75 Å². The van der Waals surface area contributed by atoms with Crippen LogP contribution in [-0.4, -0.2) is 171 Å². The number of carboxylic acids is 2. The lowest BCUT2D eigenvalue weighted by molar-refractivity contribution is -0.142. The van der Waals surface area contributed by atoms with Crippen molar-refractivity contribution in [1.82, 2.24) is 42.2 Å². The van der Waals surface area contributed by atoms with Crippen LogP contribution in [0.25, 0.3) is 0 Å². The number of amides is 9. The third-order valence-electron chi connectivity index (χ3n) is 11.3. The number of aliphatic carboxylic acids is 2. The summed E-state index contributed by atoms with van der Waals surface area (Å²) in [6.45, 7) is -0.0412. The van der Waals surface area contributed by atoms with Gasteiger partial charge in [0.1, 0.15) is 48.0 Å². The first-order valence-corrected chi connectivity index (χ1v) is 25.1. The maximum absolute atomic E-state index is 13.4. The van der Waals surface area contributed by atoms with Crippen molar-refractivity contribution in [2.75, 3.05) is 31.1 Å². The van der Waals surface area contributed by atoms with Gasteiger partial charge in [0, 0.05) is 43.9 Å². The van der Waals surface area contributed by atoms with Gasteiger partial charge in [-0.25, -0.2) is 5.43 Å². The third kappa shape index (κ3) is 24.2. The Balaban J connectivity index is 0.000000527. The SMILES string of the molecule is NC(=O)[C@H](CCC(=O)O)NC(=O)[C@H](Cc1ccccc1)NC(=O)[C@H](Cc1ccc(O)cc1)NC(=O)[C@@H](N)CS.NN[C@@H](CC(=O)O)C(=O)N[C@@H](CS)C(=O)N1CCC[C@H]1C(=O)N[C@@H](CCCN=C(N)N)C(=O)NCC(N)=O. The molecule has 77 heavy (non-hydrogen) atoms. The number of primary amides is 2. The first-order valence-electron chi connectivity index (χ1n) is 23.8. The minimum atomic E-state index is -1.29. The average molecular weight is 1120 g/mol. The van der Waals surface area contributed by atoms with E-state index in [0.717, 1.165) is 0 Å². The van der Waals surface area contributed by atoms with Crippen molar-refractivity contribution < 1.29 is 68.1 Å². The predicted molar refractivity (Wildman–Crippen MR) is 284 cm³/mol. The molecule has 22 N–H and O–H groups in total. The van der Waals surface area contributed by atoms with Gasteiger partial charge in [-0.1, -0.05) is 42.5 Å². The number of carbonyl (C=O) groups excluding carboxylic acids is 9. The fourth-order valence-electron chi connectivity index (χ4n) is 7.30. The van der Waals surface area contributed by atoms with Crippen LogP contribution in [0.1, 0.15) is 56.1 Å². The van der Waals surface area contributed by atoms with Crippen molar-refractivity contribution >= 4 is 96.3 Å². The first-order chi connectivity index (χ1) is 36.4. The Kier molecular flexibility index (Phi) is 28.9. The van der Waals surface area contributed by atoms with Crippen LogP contribution in [0.3, 0.4) is 0 Å². The molecule has 1 fully saturated rings. The molecule has 3 rings (SSSR count).